The molecule has 0 N–H and O–H groups in total. The number of anilines is 1. The van der Waals surface area contributed by atoms with Crippen LogP contribution in [-0.2, 0) is 21.4 Å². The van der Waals surface area contributed by atoms with Crippen LogP contribution in [0, 0.1) is 20.8 Å². The van der Waals surface area contributed by atoms with Crippen LogP contribution in [-0.4, -0.2) is 49.2 Å². The number of hydrogen-bond acceptors (Lipinski definition) is 6. The minimum atomic E-state index is -3.48. The number of aryl methyl sites for hydroxylation is 2. The van der Waals surface area contributed by atoms with E-state index in [1.807, 2.05) is 57.2 Å². The van der Waals surface area contributed by atoms with Crippen LogP contribution in [0.15, 0.2) is 47.0 Å². The summed E-state index contributed by atoms with van der Waals surface area (Å²) in [6, 6.07) is 13.3. The van der Waals surface area contributed by atoms with Crippen molar-refractivity contribution in [2.45, 2.75) is 40.2 Å². The number of nitrogens with zero attached hydrogens (tertiary/aromatic N) is 4. The Morgan fingerprint density at radius 2 is 1.73 bits per heavy atom. The zero-order valence-corrected chi connectivity index (χ0v) is 20.5. The summed E-state index contributed by atoms with van der Waals surface area (Å²) in [7, 11) is -1.81. The molecule has 0 saturated heterocycles. The first-order valence-electron chi connectivity index (χ1n) is 10.7. The van der Waals surface area contributed by atoms with E-state index in [4.69, 9.17) is 4.52 Å². The minimum absolute atomic E-state index is 0.125. The van der Waals surface area contributed by atoms with E-state index in [9.17, 15) is 13.2 Å². The minimum Gasteiger partial charge on any atom is -0.337 e. The lowest BCUT2D eigenvalue weighted by Crippen LogP contribution is -2.33. The largest absolute Gasteiger partial charge is 0.337 e. The van der Waals surface area contributed by atoms with Crippen molar-refractivity contribution in [2.24, 2.45) is 0 Å². The maximum absolute atomic E-state index is 12.6. The van der Waals surface area contributed by atoms with Crippen LogP contribution in [0.2, 0.25) is 0 Å². The van der Waals surface area contributed by atoms with E-state index in [1.165, 1.54) is 15.5 Å². The van der Waals surface area contributed by atoms with Gasteiger partial charge in [0.1, 0.15) is 0 Å². The lowest BCUT2D eigenvalue weighted by atomic mass is 10.1. The Kier molecular flexibility index (Phi) is 7.53. The Balaban J connectivity index is 1.60. The van der Waals surface area contributed by atoms with Gasteiger partial charge >= 0.3 is 0 Å². The number of carbonyl (C=O) groups excluding carboxylic acids is 1. The fourth-order valence-corrected chi connectivity index (χ4v) is 4.59. The number of sulfonamides is 1. The van der Waals surface area contributed by atoms with Crippen molar-refractivity contribution in [3.63, 3.8) is 0 Å². The van der Waals surface area contributed by atoms with Gasteiger partial charge in [-0.15, -0.1) is 0 Å². The van der Waals surface area contributed by atoms with Crippen molar-refractivity contribution in [2.75, 3.05) is 24.2 Å². The van der Waals surface area contributed by atoms with Gasteiger partial charge in [-0.3, -0.25) is 9.10 Å². The summed E-state index contributed by atoms with van der Waals surface area (Å²) in [4.78, 5) is 18.5. The van der Waals surface area contributed by atoms with Crippen LogP contribution in [0.3, 0.4) is 0 Å². The molecule has 0 aliphatic rings. The van der Waals surface area contributed by atoms with Crippen LogP contribution in [0.5, 0.6) is 0 Å². The number of benzene rings is 2. The van der Waals surface area contributed by atoms with Crippen molar-refractivity contribution in [1.82, 2.24) is 15.0 Å². The first-order chi connectivity index (χ1) is 15.6. The average Bonchev–Trinajstić information content (AvgIpc) is 3.21. The highest BCUT2D eigenvalue weighted by Crippen LogP contribution is 2.25. The monoisotopic (exact) mass is 470 g/mol. The summed E-state index contributed by atoms with van der Waals surface area (Å²) in [6.07, 6.45) is 1.78. The normalized spacial score (nSPS) is 11.4. The summed E-state index contributed by atoms with van der Waals surface area (Å²) < 4.78 is 31.5. The molecule has 1 heterocycles. The Labute approximate surface area is 195 Å². The molecule has 176 valence electrons. The van der Waals surface area contributed by atoms with Gasteiger partial charge in [0, 0.05) is 25.6 Å². The molecular weight excluding hydrogens is 440 g/mol. The highest BCUT2D eigenvalue weighted by Gasteiger charge is 2.21. The molecule has 0 spiro atoms. The molecule has 3 aromatic rings. The molecule has 0 aliphatic heterocycles. The van der Waals surface area contributed by atoms with Gasteiger partial charge < -0.3 is 9.42 Å². The Morgan fingerprint density at radius 3 is 2.42 bits per heavy atom. The maximum atomic E-state index is 12.6. The van der Waals surface area contributed by atoms with Crippen molar-refractivity contribution < 1.29 is 17.7 Å². The van der Waals surface area contributed by atoms with Crippen LogP contribution < -0.4 is 4.31 Å². The third-order valence-corrected chi connectivity index (χ3v) is 6.83. The zero-order chi connectivity index (χ0) is 24.2. The first-order valence-corrected chi connectivity index (χ1v) is 12.6. The summed E-state index contributed by atoms with van der Waals surface area (Å²) in [6.45, 7) is 6.22. The Bertz CT molecular complexity index is 1240. The van der Waals surface area contributed by atoms with Crippen LogP contribution in [0.4, 0.5) is 5.69 Å². The van der Waals surface area contributed by atoms with E-state index >= 15 is 0 Å². The van der Waals surface area contributed by atoms with Gasteiger partial charge in [0.15, 0.2) is 0 Å². The summed E-state index contributed by atoms with van der Waals surface area (Å²) >= 11 is 0. The van der Waals surface area contributed by atoms with E-state index in [0.717, 1.165) is 22.3 Å². The zero-order valence-electron chi connectivity index (χ0n) is 19.7. The average molecular weight is 471 g/mol. The third-order valence-electron chi connectivity index (χ3n) is 5.65. The molecule has 0 radical (unpaired) electrons. The molecule has 0 atom stereocenters. The lowest BCUT2D eigenvalue weighted by Gasteiger charge is -2.25. The third kappa shape index (κ3) is 5.98. The van der Waals surface area contributed by atoms with E-state index in [-0.39, 0.29) is 25.4 Å². The van der Waals surface area contributed by atoms with Crippen molar-refractivity contribution in [1.29, 1.82) is 0 Å². The smallest absolute Gasteiger partial charge is 0.246 e. The second kappa shape index (κ2) is 10.2. The van der Waals surface area contributed by atoms with E-state index in [1.54, 1.807) is 13.1 Å². The van der Waals surface area contributed by atoms with Crippen LogP contribution in [0.25, 0.3) is 11.4 Å². The molecule has 0 fully saturated rings. The number of rotatable bonds is 9. The molecule has 0 bridgehead atoms. The molecule has 3 rings (SSSR count). The highest BCUT2D eigenvalue weighted by molar-refractivity contribution is 7.92. The molecule has 0 unspecified atom stereocenters. The molecule has 0 aliphatic carbocycles. The molecule has 2 aromatic carbocycles. The molecular formula is C24H30N4O4S. The number of carbonyl (C=O) groups is 1. The standard InChI is InChI=1S/C24H30N4O4S/c1-17-11-8-13-21(19(17)3)28(33(5,30)31)15-9-14-23(29)27(4)16-22-25-24(26-32-22)20-12-7-6-10-18(20)2/h6-8,10-13H,9,14-16H2,1-5H3. The second-order valence-corrected chi connectivity index (χ2v) is 10.1. The van der Waals surface area contributed by atoms with Crippen LogP contribution in [0.1, 0.15) is 35.4 Å². The van der Waals surface area contributed by atoms with Crippen molar-refractivity contribution in [3.05, 3.63) is 65.0 Å². The van der Waals surface area contributed by atoms with Gasteiger partial charge in [-0.05, 0) is 49.9 Å². The summed E-state index contributed by atoms with van der Waals surface area (Å²) in [5.41, 5.74) is 4.49. The fourth-order valence-electron chi connectivity index (χ4n) is 3.58. The van der Waals surface area contributed by atoms with Gasteiger partial charge in [0.25, 0.3) is 0 Å². The number of aromatic nitrogens is 2. The van der Waals surface area contributed by atoms with Gasteiger partial charge in [0.2, 0.25) is 27.6 Å². The number of amides is 1. The highest BCUT2D eigenvalue weighted by atomic mass is 32.2. The molecule has 9 heteroatoms. The van der Waals surface area contributed by atoms with Gasteiger partial charge in [-0.25, -0.2) is 8.42 Å². The quantitative estimate of drug-likeness (QED) is 0.471. The Morgan fingerprint density at radius 1 is 1.03 bits per heavy atom. The molecule has 8 nitrogen and oxygen atoms in total. The Hall–Kier alpha value is -3.20. The first kappa shape index (κ1) is 24.4. The predicted octanol–water partition coefficient (Wildman–Crippen LogP) is 3.87. The van der Waals surface area contributed by atoms with E-state index < -0.39 is 10.0 Å². The topological polar surface area (TPSA) is 96.6 Å². The molecule has 1 aromatic heterocycles. The van der Waals surface area contributed by atoms with Gasteiger partial charge in [-0.2, -0.15) is 4.98 Å². The van der Waals surface area contributed by atoms with Crippen molar-refractivity contribution in [3.8, 4) is 11.4 Å². The molecule has 0 saturated carbocycles. The maximum Gasteiger partial charge on any atom is 0.246 e. The summed E-state index contributed by atoms with van der Waals surface area (Å²) in [5.74, 6) is 0.707. The van der Waals surface area contributed by atoms with Gasteiger partial charge in [-0.1, -0.05) is 41.6 Å². The second-order valence-electron chi connectivity index (χ2n) is 8.23. The van der Waals surface area contributed by atoms with Gasteiger partial charge in [0.05, 0.1) is 18.5 Å². The lowest BCUT2D eigenvalue weighted by molar-refractivity contribution is -0.130. The fraction of sp³-hybridized carbons (Fsp3) is 0.375. The summed E-state index contributed by atoms with van der Waals surface area (Å²) in [5, 5.41) is 4.02. The van der Waals surface area contributed by atoms with E-state index in [2.05, 4.69) is 10.1 Å². The van der Waals surface area contributed by atoms with Crippen LogP contribution >= 0.6 is 0 Å². The van der Waals surface area contributed by atoms with Crippen molar-refractivity contribution >= 4 is 21.6 Å². The SMILES string of the molecule is Cc1ccccc1-c1noc(CN(C)C(=O)CCCN(c2cccc(C)c2C)S(C)(=O)=O)n1. The molecule has 1 amide bonds. The predicted molar refractivity (Wildman–Crippen MR) is 128 cm³/mol. The van der Waals surface area contributed by atoms with E-state index in [0.29, 0.717) is 23.8 Å². The molecule has 33 heavy (non-hydrogen) atoms. The number of hydrogen-bond donors (Lipinski definition) is 0.